The summed E-state index contributed by atoms with van der Waals surface area (Å²) in [4.78, 5) is 38.9. The fourth-order valence-corrected chi connectivity index (χ4v) is 2.44. The molecule has 1 aromatic carbocycles. The number of carbonyl (C=O) groups excluding carboxylic acids is 3. The zero-order valence-electron chi connectivity index (χ0n) is 14.5. The third kappa shape index (κ3) is 5.91. The maximum Gasteiger partial charge on any atom is 0.312 e. The van der Waals surface area contributed by atoms with Crippen LogP contribution >= 0.6 is 0 Å². The Morgan fingerprint density at radius 3 is 2.21 bits per heavy atom. The highest BCUT2D eigenvalue weighted by Gasteiger charge is 2.25. The van der Waals surface area contributed by atoms with Gasteiger partial charge in [-0.2, -0.15) is 0 Å². The van der Waals surface area contributed by atoms with Gasteiger partial charge in [0, 0.05) is 26.6 Å². The number of nitrogens with one attached hydrogen (secondary N) is 1. The number of hydrogen-bond donors (Lipinski definition) is 2. The Labute approximate surface area is 142 Å². The van der Waals surface area contributed by atoms with Crippen molar-refractivity contribution in [2.45, 2.75) is 26.3 Å². The first kappa shape index (κ1) is 19.5. The molecule has 4 amide bonds. The highest BCUT2D eigenvalue weighted by Crippen LogP contribution is 2.06. The molecule has 0 fully saturated rings. The number of hydrogen-bond acceptors (Lipinski definition) is 3. The lowest BCUT2D eigenvalue weighted by molar-refractivity contribution is -0.140. The maximum atomic E-state index is 12.6. The van der Waals surface area contributed by atoms with Crippen LogP contribution in [0, 0.1) is 0 Å². The van der Waals surface area contributed by atoms with Crippen LogP contribution in [0.15, 0.2) is 30.3 Å². The van der Waals surface area contributed by atoms with E-state index in [4.69, 9.17) is 5.73 Å². The van der Waals surface area contributed by atoms with E-state index in [1.807, 2.05) is 44.2 Å². The van der Waals surface area contributed by atoms with Crippen LogP contribution in [0.25, 0.3) is 0 Å². The molecule has 132 valence electrons. The van der Waals surface area contributed by atoms with E-state index >= 15 is 0 Å². The molecule has 7 nitrogen and oxygen atoms in total. The highest BCUT2D eigenvalue weighted by atomic mass is 16.2. The summed E-state index contributed by atoms with van der Waals surface area (Å²) in [6, 6.07) is 7.74. The van der Waals surface area contributed by atoms with Crippen molar-refractivity contribution in [1.82, 2.24) is 15.1 Å². The van der Waals surface area contributed by atoms with Gasteiger partial charge in [-0.25, -0.2) is 4.79 Å². The molecular weight excluding hydrogens is 308 g/mol. The highest BCUT2D eigenvalue weighted by molar-refractivity contribution is 5.90. The number of urea groups is 1. The molecule has 0 aliphatic rings. The predicted octanol–water partition coefficient (Wildman–Crippen LogP) is 0.593. The Bertz CT molecular complexity index is 558. The normalized spacial score (nSPS) is 11.5. The monoisotopic (exact) mass is 334 g/mol. The number of nitrogens with zero attached hydrogens (tertiary/aromatic N) is 2. The summed E-state index contributed by atoms with van der Waals surface area (Å²) in [6.45, 7) is 4.91. The van der Waals surface area contributed by atoms with E-state index in [0.717, 1.165) is 5.56 Å². The number of primary amides is 1. The van der Waals surface area contributed by atoms with Gasteiger partial charge in [0.25, 0.3) is 0 Å². The van der Waals surface area contributed by atoms with Gasteiger partial charge in [0.2, 0.25) is 11.8 Å². The van der Waals surface area contributed by atoms with Crippen LogP contribution in [0.4, 0.5) is 4.79 Å². The lowest BCUT2D eigenvalue weighted by Gasteiger charge is -2.26. The van der Waals surface area contributed by atoms with Crippen molar-refractivity contribution >= 4 is 17.8 Å². The average molecular weight is 334 g/mol. The fourth-order valence-electron chi connectivity index (χ4n) is 2.44. The van der Waals surface area contributed by atoms with E-state index in [0.29, 0.717) is 19.5 Å². The minimum Gasteiger partial charge on any atom is -0.352 e. The minimum atomic E-state index is -0.806. The molecule has 7 heteroatoms. The van der Waals surface area contributed by atoms with Gasteiger partial charge in [-0.3, -0.25) is 9.59 Å². The van der Waals surface area contributed by atoms with E-state index in [9.17, 15) is 14.4 Å². The van der Waals surface area contributed by atoms with Gasteiger partial charge in [0.15, 0.2) is 0 Å². The van der Waals surface area contributed by atoms with Crippen molar-refractivity contribution in [3.8, 4) is 0 Å². The van der Waals surface area contributed by atoms with Crippen LogP contribution in [0.2, 0.25) is 0 Å². The fraction of sp³-hybridized carbons (Fsp3) is 0.471. The lowest BCUT2D eigenvalue weighted by atomic mass is 10.0. The van der Waals surface area contributed by atoms with Crippen LogP contribution in [0.3, 0.4) is 0 Å². The first-order valence-electron chi connectivity index (χ1n) is 8.01. The van der Waals surface area contributed by atoms with E-state index in [1.54, 1.807) is 11.9 Å². The Hall–Kier alpha value is -2.57. The number of benzene rings is 1. The number of nitrogens with two attached hydrogens (primary N) is 1. The summed E-state index contributed by atoms with van der Waals surface area (Å²) < 4.78 is 0. The third-order valence-electron chi connectivity index (χ3n) is 3.76. The summed E-state index contributed by atoms with van der Waals surface area (Å²) in [7, 11) is 1.55. The Morgan fingerprint density at radius 2 is 1.71 bits per heavy atom. The van der Waals surface area contributed by atoms with Gasteiger partial charge in [-0.15, -0.1) is 0 Å². The topological polar surface area (TPSA) is 95.7 Å². The molecular formula is C17H26N4O3. The average Bonchev–Trinajstić information content (AvgIpc) is 2.55. The third-order valence-corrected chi connectivity index (χ3v) is 3.76. The largest absolute Gasteiger partial charge is 0.352 e. The molecule has 3 N–H and O–H groups in total. The molecule has 1 atom stereocenters. The molecule has 0 heterocycles. The van der Waals surface area contributed by atoms with E-state index < -0.39 is 12.1 Å². The molecule has 0 aromatic heterocycles. The molecule has 1 rings (SSSR count). The Balaban J connectivity index is 2.79. The second-order valence-corrected chi connectivity index (χ2v) is 5.51. The number of likely N-dealkylation sites (N-methyl/N-ethyl adjacent to an activating group) is 2. The molecule has 0 aliphatic heterocycles. The molecule has 0 radical (unpaired) electrons. The van der Waals surface area contributed by atoms with Gasteiger partial charge < -0.3 is 20.9 Å². The second kappa shape index (κ2) is 9.54. The van der Waals surface area contributed by atoms with Crippen molar-refractivity contribution in [3.63, 3.8) is 0 Å². The molecule has 0 bridgehead atoms. The molecule has 1 aromatic rings. The maximum absolute atomic E-state index is 12.6. The number of amides is 4. The molecule has 0 saturated carbocycles. The zero-order valence-corrected chi connectivity index (χ0v) is 14.5. The van der Waals surface area contributed by atoms with Crippen LogP contribution in [0.1, 0.15) is 19.4 Å². The second-order valence-electron chi connectivity index (χ2n) is 5.51. The van der Waals surface area contributed by atoms with Crippen molar-refractivity contribution in [3.05, 3.63) is 35.9 Å². The van der Waals surface area contributed by atoms with Crippen LogP contribution in [0.5, 0.6) is 0 Å². The molecule has 24 heavy (non-hydrogen) atoms. The van der Waals surface area contributed by atoms with Crippen molar-refractivity contribution in [2.24, 2.45) is 5.73 Å². The minimum absolute atomic E-state index is 0.0355. The van der Waals surface area contributed by atoms with Crippen LogP contribution in [-0.2, 0) is 16.0 Å². The van der Waals surface area contributed by atoms with Gasteiger partial charge in [0.1, 0.15) is 6.04 Å². The Morgan fingerprint density at radius 1 is 1.12 bits per heavy atom. The Kier molecular flexibility index (Phi) is 7.74. The summed E-state index contributed by atoms with van der Waals surface area (Å²) in [5, 5.41) is 2.46. The van der Waals surface area contributed by atoms with Crippen molar-refractivity contribution in [2.75, 3.05) is 26.7 Å². The van der Waals surface area contributed by atoms with E-state index in [-0.39, 0.29) is 18.4 Å². The van der Waals surface area contributed by atoms with Crippen LogP contribution < -0.4 is 11.1 Å². The standard InChI is InChI=1S/C17H26N4O3/c1-4-21(5-2)15(22)12-20(3)16(23)14(19-17(18)24)11-13-9-7-6-8-10-13/h6-10,14H,4-5,11-12H2,1-3H3,(H3,18,19,24)/t14-/m0/s1. The van der Waals surface area contributed by atoms with E-state index in [1.165, 1.54) is 4.90 Å². The van der Waals surface area contributed by atoms with Crippen molar-refractivity contribution < 1.29 is 14.4 Å². The first-order valence-corrected chi connectivity index (χ1v) is 8.01. The summed E-state index contributed by atoms with van der Waals surface area (Å²) in [5.74, 6) is -0.480. The molecule has 0 saturated heterocycles. The van der Waals surface area contributed by atoms with Crippen molar-refractivity contribution in [1.29, 1.82) is 0 Å². The SMILES string of the molecule is CCN(CC)C(=O)CN(C)C(=O)[C@H](Cc1ccccc1)NC(N)=O. The smallest absolute Gasteiger partial charge is 0.312 e. The predicted molar refractivity (Wildman–Crippen MR) is 92.2 cm³/mol. The van der Waals surface area contributed by atoms with Gasteiger partial charge >= 0.3 is 6.03 Å². The summed E-state index contributed by atoms with van der Waals surface area (Å²) in [6.07, 6.45) is 0.312. The van der Waals surface area contributed by atoms with Gasteiger partial charge in [0.05, 0.1) is 6.54 Å². The van der Waals surface area contributed by atoms with Gasteiger partial charge in [-0.05, 0) is 19.4 Å². The molecule has 0 aliphatic carbocycles. The first-order chi connectivity index (χ1) is 11.4. The summed E-state index contributed by atoms with van der Waals surface area (Å²) >= 11 is 0. The summed E-state index contributed by atoms with van der Waals surface area (Å²) in [5.41, 5.74) is 6.08. The molecule has 0 spiro atoms. The van der Waals surface area contributed by atoms with Crippen LogP contribution in [-0.4, -0.2) is 60.4 Å². The number of carbonyl (C=O) groups is 3. The molecule has 0 unspecified atom stereocenters. The lowest BCUT2D eigenvalue weighted by Crippen LogP contribution is -2.52. The quantitative estimate of drug-likeness (QED) is 0.728. The number of rotatable bonds is 8. The zero-order chi connectivity index (χ0) is 18.1. The van der Waals surface area contributed by atoms with Gasteiger partial charge in [-0.1, -0.05) is 30.3 Å². The van der Waals surface area contributed by atoms with E-state index in [2.05, 4.69) is 5.32 Å².